The molecule has 0 atom stereocenters. The predicted octanol–water partition coefficient (Wildman–Crippen LogP) is 3.00. The topological polar surface area (TPSA) is 92.3 Å². The first kappa shape index (κ1) is 18.4. The van der Waals surface area contributed by atoms with Gasteiger partial charge in [0.2, 0.25) is 10.0 Å². The third kappa shape index (κ3) is 4.41. The molecule has 0 saturated heterocycles. The smallest absolute Gasteiger partial charge is 0.261 e. The van der Waals surface area contributed by atoms with E-state index in [1.807, 2.05) is 6.92 Å². The van der Waals surface area contributed by atoms with Crippen molar-refractivity contribution < 1.29 is 16.8 Å². The summed E-state index contributed by atoms with van der Waals surface area (Å²) in [6.07, 6.45) is 1.67. The molecule has 0 spiro atoms. The third-order valence-electron chi connectivity index (χ3n) is 3.71. The highest BCUT2D eigenvalue weighted by Crippen LogP contribution is 2.27. The van der Waals surface area contributed by atoms with Crippen LogP contribution in [0.2, 0.25) is 0 Å². The van der Waals surface area contributed by atoms with Crippen molar-refractivity contribution in [2.75, 3.05) is 4.72 Å². The number of benzene rings is 2. The van der Waals surface area contributed by atoms with Crippen molar-refractivity contribution in [3.63, 3.8) is 0 Å². The van der Waals surface area contributed by atoms with E-state index in [1.165, 1.54) is 24.3 Å². The van der Waals surface area contributed by atoms with E-state index in [-0.39, 0.29) is 15.8 Å². The minimum atomic E-state index is -3.82. The minimum Gasteiger partial charge on any atom is -0.278 e. The maximum atomic E-state index is 12.5. The molecule has 2 aromatic carbocycles. The van der Waals surface area contributed by atoms with Crippen LogP contribution in [0.25, 0.3) is 0 Å². The van der Waals surface area contributed by atoms with Crippen LogP contribution >= 0.6 is 15.9 Å². The molecule has 6 nitrogen and oxygen atoms in total. The van der Waals surface area contributed by atoms with Crippen LogP contribution in [0, 0.1) is 6.92 Å². The van der Waals surface area contributed by atoms with Gasteiger partial charge in [-0.1, -0.05) is 6.07 Å². The maximum absolute atomic E-state index is 12.5. The van der Waals surface area contributed by atoms with Crippen LogP contribution < -0.4 is 9.44 Å². The Balaban J connectivity index is 1.82. The number of halogens is 1. The molecule has 1 saturated carbocycles. The van der Waals surface area contributed by atoms with Crippen LogP contribution in [0.3, 0.4) is 0 Å². The monoisotopic (exact) mass is 444 g/mol. The number of hydrogen-bond donors (Lipinski definition) is 2. The molecule has 1 aliphatic rings. The first-order chi connectivity index (χ1) is 11.7. The van der Waals surface area contributed by atoms with Gasteiger partial charge in [-0.3, -0.25) is 4.72 Å². The van der Waals surface area contributed by atoms with Crippen molar-refractivity contribution in [2.24, 2.45) is 0 Å². The average Bonchev–Trinajstić information content (AvgIpc) is 3.33. The summed E-state index contributed by atoms with van der Waals surface area (Å²) < 4.78 is 54.9. The summed E-state index contributed by atoms with van der Waals surface area (Å²) >= 11 is 3.32. The summed E-state index contributed by atoms with van der Waals surface area (Å²) in [5, 5.41) is 0. The van der Waals surface area contributed by atoms with E-state index in [0.29, 0.717) is 10.2 Å². The van der Waals surface area contributed by atoms with Gasteiger partial charge in [-0.25, -0.2) is 21.6 Å². The molecular formula is C16H17BrN2O4S2. The van der Waals surface area contributed by atoms with E-state index < -0.39 is 20.0 Å². The Labute approximate surface area is 155 Å². The van der Waals surface area contributed by atoms with E-state index in [1.54, 1.807) is 18.2 Å². The predicted molar refractivity (Wildman–Crippen MR) is 99.5 cm³/mol. The molecule has 134 valence electrons. The van der Waals surface area contributed by atoms with E-state index in [0.717, 1.165) is 18.4 Å². The van der Waals surface area contributed by atoms with Gasteiger partial charge in [0.15, 0.2) is 0 Å². The zero-order valence-electron chi connectivity index (χ0n) is 13.4. The van der Waals surface area contributed by atoms with E-state index in [4.69, 9.17) is 0 Å². The van der Waals surface area contributed by atoms with Crippen LogP contribution in [0.15, 0.2) is 56.7 Å². The zero-order valence-corrected chi connectivity index (χ0v) is 16.6. The largest absolute Gasteiger partial charge is 0.278 e. The highest BCUT2D eigenvalue weighted by Gasteiger charge is 2.28. The zero-order chi connectivity index (χ0) is 18.2. The Morgan fingerprint density at radius 1 is 0.920 bits per heavy atom. The molecule has 0 bridgehead atoms. The Bertz CT molecular complexity index is 999. The second-order valence-corrected chi connectivity index (χ2v) is 10.2. The summed E-state index contributed by atoms with van der Waals surface area (Å²) in [6, 6.07) is 10.4. The van der Waals surface area contributed by atoms with E-state index >= 15 is 0 Å². The summed E-state index contributed by atoms with van der Waals surface area (Å²) in [5.41, 5.74) is 1.41. The van der Waals surface area contributed by atoms with Crippen LogP contribution in [0.5, 0.6) is 0 Å². The third-order valence-corrected chi connectivity index (χ3v) is 7.29. The van der Waals surface area contributed by atoms with Crippen molar-refractivity contribution in [1.29, 1.82) is 0 Å². The Hall–Kier alpha value is -1.42. The molecule has 0 amide bonds. The van der Waals surface area contributed by atoms with Gasteiger partial charge in [0, 0.05) is 10.5 Å². The molecular weight excluding hydrogens is 428 g/mol. The first-order valence-corrected chi connectivity index (χ1v) is 11.3. The second kappa shape index (κ2) is 6.71. The summed E-state index contributed by atoms with van der Waals surface area (Å²) in [7, 11) is -7.42. The number of rotatable bonds is 6. The van der Waals surface area contributed by atoms with Crippen molar-refractivity contribution in [1.82, 2.24) is 4.72 Å². The average molecular weight is 445 g/mol. The number of nitrogens with one attached hydrogen (secondary N) is 2. The van der Waals surface area contributed by atoms with Crippen LogP contribution in [-0.2, 0) is 20.0 Å². The SMILES string of the molecule is Cc1ccc(NS(=O)(=O)c2ccc(S(=O)(=O)NC3CC3)cc2)c(Br)c1. The van der Waals surface area contributed by atoms with Crippen molar-refractivity contribution >= 4 is 41.7 Å². The Kier molecular flexibility index (Phi) is 4.93. The summed E-state index contributed by atoms with van der Waals surface area (Å²) in [4.78, 5) is 0.0419. The molecule has 2 aromatic rings. The molecule has 1 aliphatic carbocycles. The van der Waals surface area contributed by atoms with Gasteiger partial charge in [0.05, 0.1) is 15.5 Å². The lowest BCUT2D eigenvalue weighted by atomic mass is 10.2. The summed E-state index contributed by atoms with van der Waals surface area (Å²) in [6.45, 7) is 1.90. The van der Waals surface area contributed by atoms with Gasteiger partial charge >= 0.3 is 0 Å². The van der Waals surface area contributed by atoms with Gasteiger partial charge in [0.1, 0.15) is 0 Å². The molecule has 0 aromatic heterocycles. The fraction of sp³-hybridized carbons (Fsp3) is 0.250. The van der Waals surface area contributed by atoms with Crippen LogP contribution in [-0.4, -0.2) is 22.9 Å². The molecule has 0 radical (unpaired) electrons. The van der Waals surface area contributed by atoms with Gasteiger partial charge < -0.3 is 0 Å². The number of aryl methyl sites for hydroxylation is 1. The maximum Gasteiger partial charge on any atom is 0.261 e. The second-order valence-electron chi connectivity index (χ2n) is 5.96. The number of anilines is 1. The number of hydrogen-bond acceptors (Lipinski definition) is 4. The van der Waals surface area contributed by atoms with Crippen molar-refractivity contribution in [3.05, 3.63) is 52.5 Å². The van der Waals surface area contributed by atoms with Gasteiger partial charge in [-0.2, -0.15) is 0 Å². The lowest BCUT2D eigenvalue weighted by Gasteiger charge is -2.11. The molecule has 9 heteroatoms. The van der Waals surface area contributed by atoms with Gasteiger partial charge in [0.25, 0.3) is 10.0 Å². The molecule has 0 heterocycles. The standard InChI is InChI=1S/C16H17BrN2O4S2/c1-11-2-9-16(15(17)10-11)19-25(22,23)14-7-5-13(6-8-14)24(20,21)18-12-3-4-12/h2,5-10,12,18-19H,3-4H2,1H3. The molecule has 25 heavy (non-hydrogen) atoms. The molecule has 3 rings (SSSR count). The van der Waals surface area contributed by atoms with Crippen LogP contribution in [0.1, 0.15) is 18.4 Å². The highest BCUT2D eigenvalue weighted by atomic mass is 79.9. The van der Waals surface area contributed by atoms with Gasteiger partial charge in [-0.05, 0) is 77.7 Å². The van der Waals surface area contributed by atoms with Crippen molar-refractivity contribution in [2.45, 2.75) is 35.6 Å². The summed E-state index contributed by atoms with van der Waals surface area (Å²) in [5.74, 6) is 0. The fourth-order valence-corrected chi connectivity index (χ4v) is 5.30. The highest BCUT2D eigenvalue weighted by molar-refractivity contribution is 9.10. The lowest BCUT2D eigenvalue weighted by molar-refractivity contribution is 0.580. The first-order valence-electron chi connectivity index (χ1n) is 7.59. The van der Waals surface area contributed by atoms with Crippen molar-refractivity contribution in [3.8, 4) is 0 Å². The lowest BCUT2D eigenvalue weighted by Crippen LogP contribution is -2.25. The molecule has 0 unspecified atom stereocenters. The quantitative estimate of drug-likeness (QED) is 0.715. The minimum absolute atomic E-state index is 0.00559. The molecule has 0 aliphatic heterocycles. The van der Waals surface area contributed by atoms with E-state index in [9.17, 15) is 16.8 Å². The van der Waals surface area contributed by atoms with E-state index in [2.05, 4.69) is 25.4 Å². The van der Waals surface area contributed by atoms with Crippen LogP contribution in [0.4, 0.5) is 5.69 Å². The fourth-order valence-electron chi connectivity index (χ4n) is 2.19. The normalized spacial score (nSPS) is 15.1. The van der Waals surface area contributed by atoms with Gasteiger partial charge in [-0.15, -0.1) is 0 Å². The molecule has 2 N–H and O–H groups in total. The Morgan fingerprint density at radius 3 is 2.00 bits per heavy atom. The Morgan fingerprint density at radius 2 is 1.48 bits per heavy atom. The number of sulfonamides is 2. The molecule has 1 fully saturated rings.